The fraction of sp³-hybridized carbons (Fsp3) is 1.00. The van der Waals surface area contributed by atoms with Gasteiger partial charge in [-0.15, -0.1) is 0 Å². The fourth-order valence-electron chi connectivity index (χ4n) is 0.937. The standard InChI is InChI=1S/C7H16O9S3/c1-17(8,9)14-5-4-7(16-19(3,12)13)6-15-18(2,10)11/h7H,4-6H2,1-3H3/t7-/m1/s1. The molecular weight excluding hydrogens is 324 g/mol. The van der Waals surface area contributed by atoms with Crippen molar-refractivity contribution >= 4 is 30.4 Å². The van der Waals surface area contributed by atoms with Gasteiger partial charge in [-0.1, -0.05) is 0 Å². The summed E-state index contributed by atoms with van der Waals surface area (Å²) in [5.74, 6) is 0. The molecule has 9 nitrogen and oxygen atoms in total. The van der Waals surface area contributed by atoms with E-state index in [4.69, 9.17) is 0 Å². The summed E-state index contributed by atoms with van der Waals surface area (Å²) in [7, 11) is -11.3. The van der Waals surface area contributed by atoms with Crippen LogP contribution in [0.3, 0.4) is 0 Å². The van der Waals surface area contributed by atoms with Gasteiger partial charge in [-0.25, -0.2) is 0 Å². The molecule has 0 saturated heterocycles. The third kappa shape index (κ3) is 14.0. The number of hydrogen-bond donors (Lipinski definition) is 0. The van der Waals surface area contributed by atoms with Gasteiger partial charge in [0.25, 0.3) is 30.4 Å². The third-order valence-electron chi connectivity index (χ3n) is 1.52. The zero-order valence-corrected chi connectivity index (χ0v) is 13.0. The van der Waals surface area contributed by atoms with Gasteiger partial charge in [0, 0.05) is 6.42 Å². The van der Waals surface area contributed by atoms with Crippen molar-refractivity contribution in [2.75, 3.05) is 32.0 Å². The molecule has 12 heteroatoms. The van der Waals surface area contributed by atoms with E-state index in [1.54, 1.807) is 0 Å². The maximum atomic E-state index is 10.9. The molecule has 0 amide bonds. The Morgan fingerprint density at radius 1 is 0.789 bits per heavy atom. The highest BCUT2D eigenvalue weighted by Crippen LogP contribution is 2.07. The van der Waals surface area contributed by atoms with Crippen molar-refractivity contribution in [3.63, 3.8) is 0 Å². The minimum absolute atomic E-state index is 0.171. The highest BCUT2D eigenvalue weighted by atomic mass is 32.2. The van der Waals surface area contributed by atoms with Gasteiger partial charge in [-0.2, -0.15) is 25.3 Å². The van der Waals surface area contributed by atoms with E-state index >= 15 is 0 Å². The lowest BCUT2D eigenvalue weighted by molar-refractivity contribution is 0.116. The van der Waals surface area contributed by atoms with Crippen LogP contribution < -0.4 is 0 Å². The molecule has 0 saturated carbocycles. The SMILES string of the molecule is CS(=O)(=O)OCC[C@H](COS(C)(=O)=O)OS(C)(=O)=O. The first-order valence-corrected chi connectivity index (χ1v) is 10.3. The molecule has 0 aliphatic carbocycles. The lowest BCUT2D eigenvalue weighted by Gasteiger charge is -2.15. The van der Waals surface area contributed by atoms with E-state index < -0.39 is 43.1 Å². The molecule has 1 atom stereocenters. The van der Waals surface area contributed by atoms with Crippen LogP contribution in [0.5, 0.6) is 0 Å². The maximum absolute atomic E-state index is 10.9. The Balaban J connectivity index is 4.51. The molecule has 0 fully saturated rings. The summed E-state index contributed by atoms with van der Waals surface area (Å²) in [5.41, 5.74) is 0. The lowest BCUT2D eigenvalue weighted by Crippen LogP contribution is -2.26. The first kappa shape index (κ1) is 18.7. The minimum atomic E-state index is -3.84. The Morgan fingerprint density at radius 2 is 1.26 bits per heavy atom. The van der Waals surface area contributed by atoms with Gasteiger partial charge in [0.05, 0.1) is 32.0 Å². The summed E-state index contributed by atoms with van der Waals surface area (Å²) >= 11 is 0. The minimum Gasteiger partial charge on any atom is -0.270 e. The van der Waals surface area contributed by atoms with E-state index in [-0.39, 0.29) is 13.0 Å². The zero-order chi connectivity index (χ0) is 15.3. The van der Waals surface area contributed by atoms with Crippen molar-refractivity contribution < 1.29 is 37.8 Å². The highest BCUT2D eigenvalue weighted by Gasteiger charge is 2.19. The molecule has 0 bridgehead atoms. The van der Waals surface area contributed by atoms with Crippen LogP contribution in [-0.2, 0) is 42.9 Å². The molecule has 19 heavy (non-hydrogen) atoms. The molecule has 0 aromatic carbocycles. The van der Waals surface area contributed by atoms with E-state index in [0.29, 0.717) is 0 Å². The average Bonchev–Trinajstić information content (AvgIpc) is 2.08. The average molecular weight is 340 g/mol. The molecular formula is C7H16O9S3. The first-order valence-electron chi connectivity index (χ1n) is 4.85. The van der Waals surface area contributed by atoms with Crippen LogP contribution in [0.1, 0.15) is 6.42 Å². The van der Waals surface area contributed by atoms with Gasteiger partial charge in [-0.3, -0.25) is 12.5 Å². The molecule has 0 aromatic rings. The quantitative estimate of drug-likeness (QED) is 0.469. The van der Waals surface area contributed by atoms with Crippen molar-refractivity contribution in [1.82, 2.24) is 0 Å². The molecule has 0 heterocycles. The molecule has 0 aliphatic heterocycles. The first-order chi connectivity index (χ1) is 8.29. The van der Waals surface area contributed by atoms with Crippen molar-refractivity contribution in [2.45, 2.75) is 12.5 Å². The Morgan fingerprint density at radius 3 is 1.63 bits per heavy atom. The van der Waals surface area contributed by atoms with Gasteiger partial charge in [0.1, 0.15) is 6.10 Å². The van der Waals surface area contributed by atoms with Crippen molar-refractivity contribution in [3.05, 3.63) is 0 Å². The van der Waals surface area contributed by atoms with Gasteiger partial charge >= 0.3 is 0 Å². The van der Waals surface area contributed by atoms with Crippen LogP contribution in [0.2, 0.25) is 0 Å². The smallest absolute Gasteiger partial charge is 0.264 e. The summed E-state index contributed by atoms with van der Waals surface area (Å²) in [6, 6.07) is 0. The van der Waals surface area contributed by atoms with Gasteiger partial charge in [-0.05, 0) is 0 Å². The predicted molar refractivity (Wildman–Crippen MR) is 65.9 cm³/mol. The molecule has 0 spiro atoms. The topological polar surface area (TPSA) is 130 Å². The van der Waals surface area contributed by atoms with E-state index in [1.807, 2.05) is 0 Å². The van der Waals surface area contributed by atoms with Crippen LogP contribution in [0.15, 0.2) is 0 Å². The summed E-state index contributed by atoms with van der Waals surface area (Å²) < 4.78 is 78.2. The van der Waals surface area contributed by atoms with Gasteiger partial charge in [0.15, 0.2) is 0 Å². The van der Waals surface area contributed by atoms with Gasteiger partial charge in [0.2, 0.25) is 0 Å². The predicted octanol–water partition coefficient (Wildman–Crippen LogP) is -1.33. The lowest BCUT2D eigenvalue weighted by atomic mass is 10.3. The van der Waals surface area contributed by atoms with E-state index in [2.05, 4.69) is 12.5 Å². The van der Waals surface area contributed by atoms with Crippen molar-refractivity contribution in [2.24, 2.45) is 0 Å². The summed E-state index contributed by atoms with van der Waals surface area (Å²) in [5, 5.41) is 0. The largest absolute Gasteiger partial charge is 0.270 e. The second-order valence-electron chi connectivity index (χ2n) is 3.73. The van der Waals surface area contributed by atoms with Gasteiger partial charge < -0.3 is 0 Å². The van der Waals surface area contributed by atoms with Crippen molar-refractivity contribution in [1.29, 1.82) is 0 Å². The summed E-state index contributed by atoms with van der Waals surface area (Å²) in [6.45, 7) is -0.912. The Labute approximate surface area is 113 Å². The third-order valence-corrected chi connectivity index (χ3v) is 3.30. The highest BCUT2D eigenvalue weighted by molar-refractivity contribution is 7.86. The number of hydrogen-bond acceptors (Lipinski definition) is 9. The van der Waals surface area contributed by atoms with Crippen LogP contribution in [0.4, 0.5) is 0 Å². The van der Waals surface area contributed by atoms with Crippen LogP contribution >= 0.6 is 0 Å². The van der Waals surface area contributed by atoms with Crippen LogP contribution in [-0.4, -0.2) is 63.3 Å². The molecule has 0 aliphatic rings. The molecule has 116 valence electrons. The van der Waals surface area contributed by atoms with E-state index in [9.17, 15) is 25.3 Å². The molecule has 0 unspecified atom stereocenters. The molecule has 0 N–H and O–H groups in total. The summed E-state index contributed by atoms with van der Waals surface area (Å²) in [6.07, 6.45) is 1.06. The maximum Gasteiger partial charge on any atom is 0.264 e. The zero-order valence-electron chi connectivity index (χ0n) is 10.6. The van der Waals surface area contributed by atoms with E-state index in [0.717, 1.165) is 18.8 Å². The summed E-state index contributed by atoms with van der Waals surface area (Å²) in [4.78, 5) is 0. The Bertz CT molecular complexity index is 571. The van der Waals surface area contributed by atoms with Crippen LogP contribution in [0, 0.1) is 0 Å². The Hall–Kier alpha value is -0.270. The Kier molecular flexibility index (Phi) is 6.85. The van der Waals surface area contributed by atoms with Crippen molar-refractivity contribution in [3.8, 4) is 0 Å². The molecule has 0 radical (unpaired) electrons. The second-order valence-corrected chi connectivity index (χ2v) is 8.61. The van der Waals surface area contributed by atoms with E-state index in [1.165, 1.54) is 0 Å². The normalized spacial score (nSPS) is 15.3. The number of rotatable bonds is 9. The fourth-order valence-corrected chi connectivity index (χ4v) is 2.38. The van der Waals surface area contributed by atoms with Crippen LogP contribution in [0.25, 0.3) is 0 Å². The molecule has 0 rings (SSSR count). The second kappa shape index (κ2) is 6.95. The molecule has 0 aromatic heterocycles. The monoisotopic (exact) mass is 340 g/mol.